The van der Waals surface area contributed by atoms with Crippen LogP contribution in [-0.4, -0.2) is 34.9 Å². The maximum absolute atomic E-state index is 13.0. The minimum Gasteiger partial charge on any atom is -0.342 e. The van der Waals surface area contributed by atoms with Crippen molar-refractivity contribution < 1.29 is 9.59 Å². The Kier molecular flexibility index (Phi) is 5.80. The first-order valence-corrected chi connectivity index (χ1v) is 10.9. The van der Waals surface area contributed by atoms with Crippen molar-refractivity contribution in [2.24, 2.45) is 5.92 Å². The third kappa shape index (κ3) is 4.47. The first kappa shape index (κ1) is 21.1. The molecule has 4 rings (SSSR count). The van der Waals surface area contributed by atoms with E-state index < -0.39 is 5.92 Å². The predicted molar refractivity (Wildman–Crippen MR) is 121 cm³/mol. The third-order valence-electron chi connectivity index (χ3n) is 6.06. The van der Waals surface area contributed by atoms with Gasteiger partial charge >= 0.3 is 0 Å². The fourth-order valence-corrected chi connectivity index (χ4v) is 4.30. The number of benzene rings is 1. The summed E-state index contributed by atoms with van der Waals surface area (Å²) in [5.41, 5.74) is 1.63. The molecule has 0 bridgehead atoms. The first-order valence-electron chi connectivity index (χ1n) is 10.9. The van der Waals surface area contributed by atoms with Gasteiger partial charge in [-0.3, -0.25) is 19.4 Å². The number of carbonyl (C=O) groups is 2. The number of hydrogen-bond acceptors (Lipinski definition) is 5. The number of rotatable bonds is 4. The highest BCUT2D eigenvalue weighted by molar-refractivity contribution is 6.04. The van der Waals surface area contributed by atoms with Crippen LogP contribution >= 0.6 is 0 Å². The van der Waals surface area contributed by atoms with Crippen LogP contribution in [0.15, 0.2) is 29.1 Å². The smallest absolute Gasteiger partial charge is 0.258 e. The molecule has 1 aromatic carbocycles. The van der Waals surface area contributed by atoms with Crippen LogP contribution < -0.4 is 21.1 Å². The normalized spacial score (nSPS) is 20.9. The first-order chi connectivity index (χ1) is 14.8. The maximum atomic E-state index is 13.0. The standard InChI is InChI=1S/C23H29N5O3/c1-13(2)15-6-8-16(9-7-15)24-21(30)17-11-18(29)25-20-19(17)22(31)27-23(26-20)28-10-4-5-14(3)12-28/h6-9,13-14,17H,4-5,10-12H2,1-3H3,(H,24,30)(H2,25,26,27,29,31)/t14-,17+/m1/s1. The molecule has 2 atom stereocenters. The highest BCUT2D eigenvalue weighted by atomic mass is 16.2. The van der Waals surface area contributed by atoms with Crippen LogP contribution in [0.2, 0.25) is 0 Å². The lowest BCUT2D eigenvalue weighted by Crippen LogP contribution is -2.40. The molecule has 1 fully saturated rings. The number of nitrogens with zero attached hydrogens (tertiary/aromatic N) is 2. The number of carbonyl (C=O) groups excluding carboxylic acids is 2. The molecule has 2 amide bonds. The van der Waals surface area contributed by atoms with Gasteiger partial charge in [0.1, 0.15) is 5.82 Å². The van der Waals surface area contributed by atoms with Crippen molar-refractivity contribution in [2.75, 3.05) is 28.6 Å². The van der Waals surface area contributed by atoms with Crippen LogP contribution in [0.5, 0.6) is 0 Å². The molecular formula is C23H29N5O3. The Morgan fingerprint density at radius 2 is 1.97 bits per heavy atom. The Bertz CT molecular complexity index is 1040. The Balaban J connectivity index is 1.60. The fourth-order valence-electron chi connectivity index (χ4n) is 4.30. The Morgan fingerprint density at radius 1 is 1.23 bits per heavy atom. The summed E-state index contributed by atoms with van der Waals surface area (Å²) < 4.78 is 0. The van der Waals surface area contributed by atoms with E-state index in [-0.39, 0.29) is 35.2 Å². The van der Waals surface area contributed by atoms with Crippen molar-refractivity contribution in [1.82, 2.24) is 9.97 Å². The molecular weight excluding hydrogens is 394 g/mol. The summed E-state index contributed by atoms with van der Waals surface area (Å²) in [7, 11) is 0. The number of aromatic nitrogens is 2. The lowest BCUT2D eigenvalue weighted by molar-refractivity contribution is -0.123. The average Bonchev–Trinajstić information content (AvgIpc) is 2.73. The molecule has 3 N–H and O–H groups in total. The second-order valence-corrected chi connectivity index (χ2v) is 8.92. The van der Waals surface area contributed by atoms with Crippen molar-refractivity contribution in [3.05, 3.63) is 45.7 Å². The maximum Gasteiger partial charge on any atom is 0.258 e. The predicted octanol–water partition coefficient (Wildman–Crippen LogP) is 3.19. The second-order valence-electron chi connectivity index (χ2n) is 8.92. The van der Waals surface area contributed by atoms with E-state index in [1.807, 2.05) is 29.2 Å². The summed E-state index contributed by atoms with van der Waals surface area (Å²) in [4.78, 5) is 47.6. The Labute approximate surface area is 181 Å². The topological polar surface area (TPSA) is 107 Å². The number of aromatic amines is 1. The van der Waals surface area contributed by atoms with Crippen molar-refractivity contribution in [1.29, 1.82) is 0 Å². The Hall–Kier alpha value is -3.16. The van der Waals surface area contributed by atoms with Gasteiger partial charge in [-0.2, -0.15) is 4.98 Å². The highest BCUT2D eigenvalue weighted by Gasteiger charge is 2.35. The molecule has 0 aliphatic carbocycles. The summed E-state index contributed by atoms with van der Waals surface area (Å²) in [6.07, 6.45) is 2.07. The van der Waals surface area contributed by atoms with E-state index >= 15 is 0 Å². The molecule has 8 nitrogen and oxygen atoms in total. The van der Waals surface area contributed by atoms with Gasteiger partial charge in [-0.1, -0.05) is 32.9 Å². The molecule has 0 spiro atoms. The average molecular weight is 424 g/mol. The van der Waals surface area contributed by atoms with Gasteiger partial charge in [0.25, 0.3) is 5.56 Å². The number of nitrogens with one attached hydrogen (secondary N) is 3. The Morgan fingerprint density at radius 3 is 2.65 bits per heavy atom. The number of amides is 2. The van der Waals surface area contributed by atoms with Gasteiger partial charge in [-0.15, -0.1) is 0 Å². The van der Waals surface area contributed by atoms with Gasteiger partial charge < -0.3 is 15.5 Å². The lowest BCUT2D eigenvalue weighted by atomic mass is 9.92. The molecule has 0 radical (unpaired) electrons. The molecule has 164 valence electrons. The van der Waals surface area contributed by atoms with Crippen LogP contribution in [0.4, 0.5) is 17.5 Å². The van der Waals surface area contributed by atoms with Gasteiger partial charge in [-0.25, -0.2) is 0 Å². The van der Waals surface area contributed by atoms with Crippen LogP contribution in [0, 0.1) is 5.92 Å². The van der Waals surface area contributed by atoms with Crippen LogP contribution in [0.1, 0.15) is 63.0 Å². The van der Waals surface area contributed by atoms with Crippen molar-refractivity contribution in [2.45, 2.75) is 51.9 Å². The van der Waals surface area contributed by atoms with E-state index in [0.29, 0.717) is 23.5 Å². The van der Waals surface area contributed by atoms with E-state index in [2.05, 4.69) is 41.4 Å². The third-order valence-corrected chi connectivity index (χ3v) is 6.06. The van der Waals surface area contributed by atoms with Crippen LogP contribution in [0.25, 0.3) is 0 Å². The molecule has 1 saturated heterocycles. The molecule has 8 heteroatoms. The molecule has 2 aliphatic rings. The van der Waals surface area contributed by atoms with E-state index in [4.69, 9.17) is 0 Å². The van der Waals surface area contributed by atoms with E-state index in [0.717, 1.165) is 25.9 Å². The molecule has 0 unspecified atom stereocenters. The molecule has 2 aliphatic heterocycles. The zero-order valence-electron chi connectivity index (χ0n) is 18.2. The summed E-state index contributed by atoms with van der Waals surface area (Å²) in [5.74, 6) is -0.0758. The quantitative estimate of drug-likeness (QED) is 0.700. The van der Waals surface area contributed by atoms with Gasteiger partial charge in [0.15, 0.2) is 0 Å². The summed E-state index contributed by atoms with van der Waals surface area (Å²) in [6, 6.07) is 7.59. The van der Waals surface area contributed by atoms with Gasteiger partial charge in [0, 0.05) is 25.2 Å². The molecule has 3 heterocycles. The molecule has 2 aromatic rings. The zero-order valence-corrected chi connectivity index (χ0v) is 18.2. The fraction of sp³-hybridized carbons (Fsp3) is 0.478. The number of anilines is 3. The van der Waals surface area contributed by atoms with E-state index in [1.165, 1.54) is 5.56 Å². The summed E-state index contributed by atoms with van der Waals surface area (Å²) in [6.45, 7) is 7.97. The van der Waals surface area contributed by atoms with E-state index in [1.54, 1.807) is 0 Å². The molecule has 0 saturated carbocycles. The number of hydrogen-bond donors (Lipinski definition) is 3. The van der Waals surface area contributed by atoms with Crippen molar-refractivity contribution in [3.8, 4) is 0 Å². The number of H-pyrrole nitrogens is 1. The summed E-state index contributed by atoms with van der Waals surface area (Å²) >= 11 is 0. The second kappa shape index (κ2) is 8.53. The van der Waals surface area contributed by atoms with Crippen molar-refractivity contribution >= 4 is 29.3 Å². The van der Waals surface area contributed by atoms with Gasteiger partial charge in [0.2, 0.25) is 17.8 Å². The zero-order chi connectivity index (χ0) is 22.1. The van der Waals surface area contributed by atoms with Gasteiger partial charge in [0.05, 0.1) is 11.5 Å². The van der Waals surface area contributed by atoms with Crippen LogP contribution in [0.3, 0.4) is 0 Å². The molecule has 31 heavy (non-hydrogen) atoms. The monoisotopic (exact) mass is 423 g/mol. The highest BCUT2D eigenvalue weighted by Crippen LogP contribution is 2.31. The van der Waals surface area contributed by atoms with Crippen molar-refractivity contribution in [3.63, 3.8) is 0 Å². The van der Waals surface area contributed by atoms with Gasteiger partial charge in [-0.05, 0) is 42.4 Å². The summed E-state index contributed by atoms with van der Waals surface area (Å²) in [5, 5.41) is 5.52. The lowest BCUT2D eigenvalue weighted by Gasteiger charge is -2.32. The largest absolute Gasteiger partial charge is 0.342 e. The van der Waals surface area contributed by atoms with E-state index in [9.17, 15) is 14.4 Å². The number of piperidine rings is 1. The number of fused-ring (bicyclic) bond motifs is 1. The van der Waals surface area contributed by atoms with Crippen LogP contribution in [-0.2, 0) is 9.59 Å². The molecule has 1 aromatic heterocycles. The minimum atomic E-state index is -0.890. The minimum absolute atomic E-state index is 0.0895. The SMILES string of the molecule is CC(C)c1ccc(NC(=O)[C@H]2CC(=O)Nc3nc(N4CCC[C@@H](C)C4)[nH]c(=O)c32)cc1.